The number of carbonyl (C=O) groups excluding carboxylic acids is 1. The zero-order valence-corrected chi connectivity index (χ0v) is 16.5. The van der Waals surface area contributed by atoms with E-state index in [-0.39, 0.29) is 6.10 Å². The van der Waals surface area contributed by atoms with Gasteiger partial charge >= 0.3 is 5.97 Å². The van der Waals surface area contributed by atoms with Crippen LogP contribution in [0.3, 0.4) is 0 Å². The lowest BCUT2D eigenvalue weighted by atomic mass is 10.1. The number of fused-ring (bicyclic) bond motifs is 1. The third-order valence-electron chi connectivity index (χ3n) is 4.41. The van der Waals surface area contributed by atoms with Gasteiger partial charge in [0.1, 0.15) is 6.10 Å². The summed E-state index contributed by atoms with van der Waals surface area (Å²) in [6.07, 6.45) is 0.0284. The Balaban J connectivity index is 1.78. The second-order valence-electron chi connectivity index (χ2n) is 6.00. The summed E-state index contributed by atoms with van der Waals surface area (Å²) < 4.78 is 11.8. The normalized spacial score (nSPS) is 17.5. The fourth-order valence-corrected chi connectivity index (χ4v) is 4.29. The predicted octanol–water partition coefficient (Wildman–Crippen LogP) is 4.42. The maximum atomic E-state index is 12.1. The number of hydrogen-bond donors (Lipinski definition) is 0. The van der Waals surface area contributed by atoms with Crippen molar-refractivity contribution in [2.24, 2.45) is 0 Å². The molecule has 1 fully saturated rings. The van der Waals surface area contributed by atoms with Crippen LogP contribution in [0.2, 0.25) is 0 Å². The third kappa shape index (κ3) is 3.34. The molecule has 1 atom stereocenters. The van der Waals surface area contributed by atoms with Gasteiger partial charge in [-0.2, -0.15) is 0 Å². The lowest BCUT2D eigenvalue weighted by Crippen LogP contribution is -2.38. The average Bonchev–Trinajstić information content (AvgIpc) is 3.21. The highest BCUT2D eigenvalue weighted by molar-refractivity contribution is 9.10. The van der Waals surface area contributed by atoms with Gasteiger partial charge in [-0.15, -0.1) is 11.3 Å². The first-order valence-electron chi connectivity index (χ1n) is 8.24. The number of aromatic nitrogens is 1. The van der Waals surface area contributed by atoms with Crippen LogP contribution in [0.5, 0.6) is 0 Å². The minimum Gasteiger partial charge on any atom is -0.464 e. The van der Waals surface area contributed by atoms with Crippen molar-refractivity contribution in [1.82, 2.24) is 4.98 Å². The molecule has 1 saturated heterocycles. The van der Waals surface area contributed by atoms with Crippen molar-refractivity contribution in [2.45, 2.75) is 6.10 Å². The van der Waals surface area contributed by atoms with Crippen LogP contribution in [0.25, 0.3) is 10.9 Å². The molecular formula is C19H17BrN2O3S. The molecule has 0 saturated carbocycles. The number of halogens is 1. The fourth-order valence-electron chi connectivity index (χ4n) is 3.17. The van der Waals surface area contributed by atoms with Gasteiger partial charge in [0.05, 0.1) is 19.2 Å². The number of rotatable bonds is 3. The van der Waals surface area contributed by atoms with Gasteiger partial charge in [0.25, 0.3) is 0 Å². The first kappa shape index (κ1) is 17.5. The zero-order chi connectivity index (χ0) is 18.1. The Labute approximate surface area is 163 Å². The number of benzene rings is 1. The van der Waals surface area contributed by atoms with Gasteiger partial charge in [-0.1, -0.05) is 22.0 Å². The average molecular weight is 433 g/mol. The third-order valence-corrected chi connectivity index (χ3v) is 5.87. The van der Waals surface area contributed by atoms with E-state index in [2.05, 4.69) is 37.3 Å². The molecule has 0 N–H and O–H groups in total. The van der Waals surface area contributed by atoms with E-state index in [0.717, 1.165) is 34.2 Å². The highest BCUT2D eigenvalue weighted by atomic mass is 79.9. The molecule has 4 rings (SSSR count). The molecular weight excluding hydrogens is 416 g/mol. The summed E-state index contributed by atoms with van der Waals surface area (Å²) in [5, 5.41) is 3.06. The van der Waals surface area contributed by atoms with E-state index in [4.69, 9.17) is 9.47 Å². The van der Waals surface area contributed by atoms with Crippen LogP contribution in [0.1, 0.15) is 21.5 Å². The van der Waals surface area contributed by atoms with Gasteiger partial charge in [-0.3, -0.25) is 0 Å². The minimum atomic E-state index is -0.431. The smallest absolute Gasteiger partial charge is 0.356 e. The topological polar surface area (TPSA) is 51.7 Å². The molecule has 0 bridgehead atoms. The number of ether oxygens (including phenoxy) is 2. The SMILES string of the molecule is COC(=O)c1cc(N2CCOC(c3cccs3)C2)c2cc(Br)ccc2n1. The van der Waals surface area contributed by atoms with Crippen LogP contribution < -0.4 is 4.90 Å². The molecule has 26 heavy (non-hydrogen) atoms. The molecule has 1 aromatic carbocycles. The minimum absolute atomic E-state index is 0.0284. The van der Waals surface area contributed by atoms with Gasteiger partial charge in [0.2, 0.25) is 0 Å². The van der Waals surface area contributed by atoms with Crippen LogP contribution in [-0.2, 0) is 9.47 Å². The van der Waals surface area contributed by atoms with Crippen molar-refractivity contribution in [2.75, 3.05) is 31.7 Å². The number of thiophene rings is 1. The zero-order valence-electron chi connectivity index (χ0n) is 14.1. The molecule has 0 spiro atoms. The molecule has 134 valence electrons. The largest absolute Gasteiger partial charge is 0.464 e. The first-order chi connectivity index (χ1) is 12.7. The Morgan fingerprint density at radius 1 is 1.38 bits per heavy atom. The van der Waals surface area contributed by atoms with E-state index in [0.29, 0.717) is 12.3 Å². The summed E-state index contributed by atoms with van der Waals surface area (Å²) in [6, 6.07) is 11.8. The highest BCUT2D eigenvalue weighted by Crippen LogP contribution is 2.34. The maximum Gasteiger partial charge on any atom is 0.356 e. The van der Waals surface area contributed by atoms with E-state index in [1.165, 1.54) is 12.0 Å². The van der Waals surface area contributed by atoms with Crippen molar-refractivity contribution < 1.29 is 14.3 Å². The van der Waals surface area contributed by atoms with E-state index < -0.39 is 5.97 Å². The molecule has 5 nitrogen and oxygen atoms in total. The van der Waals surface area contributed by atoms with E-state index in [9.17, 15) is 4.79 Å². The summed E-state index contributed by atoms with van der Waals surface area (Å²) in [7, 11) is 1.37. The van der Waals surface area contributed by atoms with E-state index >= 15 is 0 Å². The molecule has 1 unspecified atom stereocenters. The standard InChI is InChI=1S/C19H17BrN2O3S/c1-24-19(23)15-10-16(13-9-12(20)4-5-14(13)21-15)22-6-7-25-17(11-22)18-3-2-8-26-18/h2-5,8-10,17H,6-7,11H2,1H3. The molecule has 0 amide bonds. The maximum absolute atomic E-state index is 12.1. The van der Waals surface area contributed by atoms with Gasteiger partial charge in [0, 0.05) is 33.5 Å². The number of anilines is 1. The molecule has 3 aromatic rings. The van der Waals surface area contributed by atoms with Gasteiger partial charge in [0.15, 0.2) is 5.69 Å². The van der Waals surface area contributed by atoms with Crippen molar-refractivity contribution in [3.63, 3.8) is 0 Å². The van der Waals surface area contributed by atoms with Gasteiger partial charge in [-0.05, 0) is 35.7 Å². The Morgan fingerprint density at radius 3 is 3.04 bits per heavy atom. The van der Waals surface area contributed by atoms with E-state index in [1.807, 2.05) is 30.3 Å². The van der Waals surface area contributed by atoms with Crippen LogP contribution in [0.4, 0.5) is 5.69 Å². The van der Waals surface area contributed by atoms with Crippen LogP contribution in [-0.4, -0.2) is 37.8 Å². The lowest BCUT2D eigenvalue weighted by Gasteiger charge is -2.35. The van der Waals surface area contributed by atoms with Crippen LogP contribution in [0, 0.1) is 0 Å². The monoisotopic (exact) mass is 432 g/mol. The second kappa shape index (κ2) is 7.34. The fraction of sp³-hybridized carbons (Fsp3) is 0.263. The summed E-state index contributed by atoms with van der Waals surface area (Å²) in [5.74, 6) is -0.431. The van der Waals surface area contributed by atoms with Crippen molar-refractivity contribution in [3.05, 3.63) is 56.8 Å². The van der Waals surface area contributed by atoms with Crippen molar-refractivity contribution in [3.8, 4) is 0 Å². The number of methoxy groups -OCH3 is 1. The summed E-state index contributed by atoms with van der Waals surface area (Å²) in [6.45, 7) is 2.12. The molecule has 7 heteroatoms. The highest BCUT2D eigenvalue weighted by Gasteiger charge is 2.25. The summed E-state index contributed by atoms with van der Waals surface area (Å²) in [5.41, 5.74) is 2.06. The lowest BCUT2D eigenvalue weighted by molar-refractivity contribution is 0.0422. The van der Waals surface area contributed by atoms with Crippen LogP contribution >= 0.6 is 27.3 Å². The molecule has 3 heterocycles. The van der Waals surface area contributed by atoms with Gasteiger partial charge in [-0.25, -0.2) is 9.78 Å². The molecule has 1 aliphatic rings. The van der Waals surface area contributed by atoms with Crippen molar-refractivity contribution in [1.29, 1.82) is 0 Å². The first-order valence-corrected chi connectivity index (χ1v) is 9.91. The Bertz CT molecular complexity index is 945. The summed E-state index contributed by atoms with van der Waals surface area (Å²) in [4.78, 5) is 20.0. The van der Waals surface area contributed by atoms with Crippen LogP contribution in [0.15, 0.2) is 46.3 Å². The second-order valence-corrected chi connectivity index (χ2v) is 7.90. The number of esters is 1. The number of hydrogen-bond acceptors (Lipinski definition) is 6. The molecule has 1 aliphatic heterocycles. The number of carbonyl (C=O) groups is 1. The van der Waals surface area contributed by atoms with Crippen molar-refractivity contribution >= 4 is 49.8 Å². The molecule has 0 aliphatic carbocycles. The molecule has 2 aromatic heterocycles. The number of pyridine rings is 1. The Morgan fingerprint density at radius 2 is 2.27 bits per heavy atom. The Kier molecular flexibility index (Phi) is 4.93. The number of nitrogens with zero attached hydrogens (tertiary/aromatic N) is 2. The van der Waals surface area contributed by atoms with E-state index in [1.54, 1.807) is 11.3 Å². The summed E-state index contributed by atoms with van der Waals surface area (Å²) >= 11 is 5.23. The predicted molar refractivity (Wildman–Crippen MR) is 106 cm³/mol. The Hall–Kier alpha value is -1.96. The quantitative estimate of drug-likeness (QED) is 0.573. The molecule has 0 radical (unpaired) electrons. The number of morpholine rings is 1. The van der Waals surface area contributed by atoms with Gasteiger partial charge < -0.3 is 14.4 Å².